The second-order valence-electron chi connectivity index (χ2n) is 4.93. The average Bonchev–Trinajstić information content (AvgIpc) is 2.61. The number of nitrogens with one attached hydrogen (secondary N) is 1. The van der Waals surface area contributed by atoms with Crippen LogP contribution in [0.15, 0.2) is 29.2 Å². The van der Waals surface area contributed by atoms with E-state index in [2.05, 4.69) is 4.72 Å². The van der Waals surface area contributed by atoms with E-state index in [4.69, 9.17) is 42.1 Å². The third-order valence-electron chi connectivity index (χ3n) is 3.45. The van der Waals surface area contributed by atoms with E-state index < -0.39 is 10.0 Å². The number of benzene rings is 2. The molecule has 1 N–H and O–H groups in total. The van der Waals surface area contributed by atoms with Gasteiger partial charge < -0.3 is 18.9 Å². The molecule has 0 aliphatic rings. The highest BCUT2D eigenvalue weighted by Crippen LogP contribution is 2.39. The van der Waals surface area contributed by atoms with Crippen molar-refractivity contribution in [1.29, 1.82) is 0 Å². The molecule has 0 saturated carbocycles. The van der Waals surface area contributed by atoms with Crippen molar-refractivity contribution in [2.75, 3.05) is 33.2 Å². The van der Waals surface area contributed by atoms with Gasteiger partial charge in [0.05, 0.1) is 44.2 Å². The van der Waals surface area contributed by atoms with E-state index in [1.165, 1.54) is 52.7 Å². The maximum absolute atomic E-state index is 12.9. The second-order valence-corrected chi connectivity index (χ2v) is 7.40. The smallest absolute Gasteiger partial charge is 0.265 e. The van der Waals surface area contributed by atoms with Crippen LogP contribution in [0.1, 0.15) is 0 Å². The number of halogens is 2. The lowest BCUT2D eigenvalue weighted by Crippen LogP contribution is -2.15. The van der Waals surface area contributed by atoms with E-state index >= 15 is 0 Å². The summed E-state index contributed by atoms with van der Waals surface area (Å²) in [4.78, 5) is -0.155. The van der Waals surface area contributed by atoms with Crippen molar-refractivity contribution >= 4 is 38.9 Å². The normalized spacial score (nSPS) is 11.0. The summed E-state index contributed by atoms with van der Waals surface area (Å²) < 4.78 is 48.7. The zero-order chi connectivity index (χ0) is 19.5. The molecule has 10 heteroatoms. The Labute approximate surface area is 161 Å². The van der Waals surface area contributed by atoms with Crippen molar-refractivity contribution in [3.8, 4) is 23.0 Å². The van der Waals surface area contributed by atoms with Crippen molar-refractivity contribution in [2.45, 2.75) is 4.90 Å². The number of hydrogen-bond donors (Lipinski definition) is 1. The number of ether oxygens (including phenoxy) is 4. The Bertz CT molecular complexity index is 917. The van der Waals surface area contributed by atoms with Gasteiger partial charge >= 0.3 is 0 Å². The molecule has 0 fully saturated rings. The standard InChI is InChI=1S/C16H17Cl2NO6S/c1-22-12-7-11(14(24-3)5-9(12)17)19-26(20,21)16-8-13(23-2)10(18)6-15(16)25-4/h5-8,19H,1-4H3. The number of methoxy groups -OCH3 is 4. The predicted octanol–water partition coefficient (Wildman–Crippen LogP) is 3.83. The Hall–Kier alpha value is -2.03. The van der Waals surface area contributed by atoms with Crippen LogP contribution >= 0.6 is 23.2 Å². The van der Waals surface area contributed by atoms with Crippen molar-refractivity contribution < 1.29 is 27.4 Å². The van der Waals surface area contributed by atoms with Crippen molar-refractivity contribution in [1.82, 2.24) is 0 Å². The molecule has 0 aromatic heterocycles. The fraction of sp³-hybridized carbons (Fsp3) is 0.250. The molecule has 0 saturated heterocycles. The lowest BCUT2D eigenvalue weighted by molar-refractivity contribution is 0.392. The van der Waals surface area contributed by atoms with Gasteiger partial charge in [0, 0.05) is 24.3 Å². The molecule has 0 heterocycles. The molecular formula is C16H17Cl2NO6S. The summed E-state index contributed by atoms with van der Waals surface area (Å²) >= 11 is 12.1. The molecule has 2 aromatic carbocycles. The van der Waals surface area contributed by atoms with E-state index in [1.807, 2.05) is 0 Å². The fourth-order valence-corrected chi connectivity index (χ4v) is 3.87. The van der Waals surface area contributed by atoms with Crippen molar-refractivity contribution in [2.24, 2.45) is 0 Å². The minimum absolute atomic E-state index is 0.0585. The van der Waals surface area contributed by atoms with E-state index in [0.717, 1.165) is 0 Å². The fourth-order valence-electron chi connectivity index (χ4n) is 2.18. The molecule has 26 heavy (non-hydrogen) atoms. The van der Waals surface area contributed by atoms with Gasteiger partial charge in [-0.15, -0.1) is 0 Å². The third-order valence-corrected chi connectivity index (χ3v) is 5.42. The first-order valence-corrected chi connectivity index (χ1v) is 9.37. The lowest BCUT2D eigenvalue weighted by atomic mass is 10.3. The second kappa shape index (κ2) is 8.11. The monoisotopic (exact) mass is 421 g/mol. The van der Waals surface area contributed by atoms with Gasteiger partial charge in [0.1, 0.15) is 27.9 Å². The van der Waals surface area contributed by atoms with Gasteiger partial charge in [-0.25, -0.2) is 8.42 Å². The van der Waals surface area contributed by atoms with Gasteiger partial charge in [0.15, 0.2) is 0 Å². The average molecular weight is 422 g/mol. The highest BCUT2D eigenvalue weighted by molar-refractivity contribution is 7.92. The molecule has 0 bridgehead atoms. The molecule has 0 radical (unpaired) electrons. The first-order chi connectivity index (χ1) is 12.3. The first kappa shape index (κ1) is 20.3. The topological polar surface area (TPSA) is 83.1 Å². The highest BCUT2D eigenvalue weighted by Gasteiger charge is 2.24. The SMILES string of the molecule is COc1cc(NS(=O)(=O)c2cc(OC)c(Cl)cc2OC)c(OC)cc1Cl. The van der Waals surface area contributed by atoms with Crippen LogP contribution in [0.3, 0.4) is 0 Å². The van der Waals surface area contributed by atoms with Crippen LogP contribution in [0.5, 0.6) is 23.0 Å². The molecule has 142 valence electrons. The van der Waals surface area contributed by atoms with E-state index in [-0.39, 0.29) is 43.6 Å². The predicted molar refractivity (Wildman–Crippen MR) is 99.9 cm³/mol. The number of hydrogen-bond acceptors (Lipinski definition) is 6. The summed E-state index contributed by atoms with van der Waals surface area (Å²) in [6, 6.07) is 5.48. The quantitative estimate of drug-likeness (QED) is 0.731. The molecule has 0 aliphatic carbocycles. The van der Waals surface area contributed by atoms with Crippen LogP contribution in [0, 0.1) is 0 Å². The van der Waals surface area contributed by atoms with Crippen LogP contribution < -0.4 is 23.7 Å². The number of sulfonamides is 1. The van der Waals surface area contributed by atoms with Crippen LogP contribution in [-0.2, 0) is 10.0 Å². The molecule has 0 aliphatic heterocycles. The number of rotatable bonds is 7. The molecule has 0 spiro atoms. The highest BCUT2D eigenvalue weighted by atomic mass is 35.5. The minimum atomic E-state index is -4.07. The molecular weight excluding hydrogens is 405 g/mol. The summed E-state index contributed by atoms with van der Waals surface area (Å²) in [5.41, 5.74) is 0.143. The Morgan fingerprint density at radius 3 is 1.69 bits per heavy atom. The van der Waals surface area contributed by atoms with Gasteiger partial charge in [0.25, 0.3) is 10.0 Å². The molecule has 0 amide bonds. The summed E-state index contributed by atoms with van der Waals surface area (Å²) in [6.45, 7) is 0. The summed E-state index contributed by atoms with van der Waals surface area (Å²) in [6.07, 6.45) is 0. The van der Waals surface area contributed by atoms with Gasteiger partial charge in [-0.2, -0.15) is 0 Å². The van der Waals surface area contributed by atoms with E-state index in [9.17, 15) is 8.42 Å². The van der Waals surface area contributed by atoms with Crippen LogP contribution in [0.25, 0.3) is 0 Å². The van der Waals surface area contributed by atoms with Gasteiger partial charge in [-0.05, 0) is 0 Å². The first-order valence-electron chi connectivity index (χ1n) is 7.13. The van der Waals surface area contributed by atoms with Gasteiger partial charge in [-0.3, -0.25) is 4.72 Å². The largest absolute Gasteiger partial charge is 0.495 e. The maximum atomic E-state index is 12.9. The zero-order valence-corrected chi connectivity index (χ0v) is 16.8. The lowest BCUT2D eigenvalue weighted by Gasteiger charge is -2.16. The molecule has 2 rings (SSSR count). The third kappa shape index (κ3) is 4.03. The molecule has 2 aromatic rings. The van der Waals surface area contributed by atoms with Gasteiger partial charge in [0.2, 0.25) is 0 Å². The summed E-state index contributed by atoms with van der Waals surface area (Å²) in [5.74, 6) is 0.752. The van der Waals surface area contributed by atoms with Crippen LogP contribution in [0.2, 0.25) is 10.0 Å². The molecule has 0 unspecified atom stereocenters. The minimum Gasteiger partial charge on any atom is -0.495 e. The summed E-state index contributed by atoms with van der Waals surface area (Å²) in [5, 5.41) is 0.493. The molecule has 0 atom stereocenters. The van der Waals surface area contributed by atoms with Crippen molar-refractivity contribution in [3.05, 3.63) is 34.3 Å². The Morgan fingerprint density at radius 1 is 0.731 bits per heavy atom. The Morgan fingerprint density at radius 2 is 1.19 bits per heavy atom. The van der Waals surface area contributed by atoms with E-state index in [1.54, 1.807) is 0 Å². The van der Waals surface area contributed by atoms with Crippen LogP contribution in [0.4, 0.5) is 5.69 Å². The summed E-state index contributed by atoms with van der Waals surface area (Å²) in [7, 11) is 1.45. The zero-order valence-electron chi connectivity index (χ0n) is 14.4. The Kier molecular flexibility index (Phi) is 6.33. The van der Waals surface area contributed by atoms with Crippen LogP contribution in [-0.4, -0.2) is 36.9 Å². The Balaban J connectivity index is 2.56. The van der Waals surface area contributed by atoms with Gasteiger partial charge in [-0.1, -0.05) is 23.2 Å². The number of anilines is 1. The molecule has 7 nitrogen and oxygen atoms in total. The maximum Gasteiger partial charge on any atom is 0.265 e. The van der Waals surface area contributed by atoms with Crippen molar-refractivity contribution in [3.63, 3.8) is 0 Å². The van der Waals surface area contributed by atoms with E-state index in [0.29, 0.717) is 0 Å².